The second-order valence-electron chi connectivity index (χ2n) is 6.19. The number of anilines is 2. The van der Waals surface area contributed by atoms with E-state index in [1.165, 1.54) is 11.1 Å². The molecule has 0 aliphatic heterocycles. The first-order valence-corrected chi connectivity index (χ1v) is 8.72. The number of hydrogen-bond acceptors (Lipinski definition) is 3. The average Bonchev–Trinajstić information content (AvgIpc) is 2.62. The van der Waals surface area contributed by atoms with Gasteiger partial charge in [-0.05, 0) is 55.3 Å². The summed E-state index contributed by atoms with van der Waals surface area (Å²) in [6.07, 6.45) is 1.63. The smallest absolute Gasteiger partial charge is 0.274 e. The highest BCUT2D eigenvalue weighted by Crippen LogP contribution is 2.20. The van der Waals surface area contributed by atoms with Crippen molar-refractivity contribution < 1.29 is 4.79 Å². The fourth-order valence-electron chi connectivity index (χ4n) is 2.64. The molecular formula is C21H20ClN3O. The second kappa shape index (κ2) is 8.02. The van der Waals surface area contributed by atoms with Gasteiger partial charge in [-0.1, -0.05) is 41.4 Å². The molecule has 0 fully saturated rings. The Kier molecular flexibility index (Phi) is 5.54. The van der Waals surface area contributed by atoms with E-state index >= 15 is 0 Å². The van der Waals surface area contributed by atoms with Crippen molar-refractivity contribution >= 4 is 28.9 Å². The predicted octanol–water partition coefficient (Wildman–Crippen LogP) is 5.22. The minimum atomic E-state index is -0.255. The summed E-state index contributed by atoms with van der Waals surface area (Å²) >= 11 is 5.95. The molecule has 0 radical (unpaired) electrons. The minimum absolute atomic E-state index is 0.255. The van der Waals surface area contributed by atoms with E-state index in [9.17, 15) is 4.79 Å². The number of aryl methyl sites for hydroxylation is 2. The summed E-state index contributed by atoms with van der Waals surface area (Å²) in [6.45, 7) is 4.65. The van der Waals surface area contributed by atoms with Gasteiger partial charge in [0.1, 0.15) is 5.69 Å². The number of halogens is 1. The van der Waals surface area contributed by atoms with Crippen LogP contribution in [0.15, 0.2) is 60.8 Å². The van der Waals surface area contributed by atoms with Crippen molar-refractivity contribution in [1.29, 1.82) is 0 Å². The minimum Gasteiger partial charge on any atom is -0.381 e. The molecule has 0 saturated heterocycles. The van der Waals surface area contributed by atoms with Gasteiger partial charge in [-0.15, -0.1) is 0 Å². The average molecular weight is 366 g/mol. The van der Waals surface area contributed by atoms with Gasteiger partial charge in [0.2, 0.25) is 0 Å². The standard InChI is InChI=1S/C21H20ClN3O/c1-14-4-3-5-16(10-14)13-24-18-8-9-23-20(12-18)21(26)25-19-7-6-17(22)11-15(19)2/h3-12H,13H2,1-2H3,(H,23,24)(H,25,26). The summed E-state index contributed by atoms with van der Waals surface area (Å²) < 4.78 is 0. The Balaban J connectivity index is 1.69. The summed E-state index contributed by atoms with van der Waals surface area (Å²) in [5.41, 5.74) is 5.23. The molecule has 5 heteroatoms. The number of rotatable bonds is 5. The largest absolute Gasteiger partial charge is 0.381 e. The summed E-state index contributed by atoms with van der Waals surface area (Å²) in [5.74, 6) is -0.255. The maximum Gasteiger partial charge on any atom is 0.274 e. The quantitative estimate of drug-likeness (QED) is 0.652. The topological polar surface area (TPSA) is 54.0 Å². The Morgan fingerprint density at radius 3 is 2.69 bits per heavy atom. The lowest BCUT2D eigenvalue weighted by atomic mass is 10.1. The number of carbonyl (C=O) groups excluding carboxylic acids is 1. The lowest BCUT2D eigenvalue weighted by Gasteiger charge is -2.10. The zero-order valence-corrected chi connectivity index (χ0v) is 15.5. The fourth-order valence-corrected chi connectivity index (χ4v) is 2.87. The van der Waals surface area contributed by atoms with Gasteiger partial charge in [0.25, 0.3) is 5.91 Å². The molecule has 3 aromatic rings. The van der Waals surface area contributed by atoms with Gasteiger partial charge >= 0.3 is 0 Å². The fraction of sp³-hybridized carbons (Fsp3) is 0.143. The number of benzene rings is 2. The van der Waals surface area contributed by atoms with E-state index in [0.29, 0.717) is 17.3 Å². The van der Waals surface area contributed by atoms with Crippen LogP contribution in [-0.2, 0) is 6.54 Å². The van der Waals surface area contributed by atoms with Crippen LogP contribution >= 0.6 is 11.6 Å². The van der Waals surface area contributed by atoms with Crippen LogP contribution in [0.2, 0.25) is 5.02 Å². The lowest BCUT2D eigenvalue weighted by molar-refractivity contribution is 0.102. The molecule has 1 amide bonds. The molecule has 0 aliphatic rings. The van der Waals surface area contributed by atoms with Crippen LogP contribution in [0.3, 0.4) is 0 Å². The summed E-state index contributed by atoms with van der Waals surface area (Å²) in [4.78, 5) is 16.7. The van der Waals surface area contributed by atoms with Crippen molar-refractivity contribution in [3.8, 4) is 0 Å². The number of nitrogens with one attached hydrogen (secondary N) is 2. The van der Waals surface area contributed by atoms with Crippen LogP contribution < -0.4 is 10.6 Å². The summed E-state index contributed by atoms with van der Waals surface area (Å²) in [5, 5.41) is 6.84. The van der Waals surface area contributed by atoms with E-state index in [1.807, 2.05) is 25.1 Å². The van der Waals surface area contributed by atoms with Gasteiger partial charge in [-0.25, -0.2) is 0 Å². The van der Waals surface area contributed by atoms with Crippen molar-refractivity contribution in [2.75, 3.05) is 10.6 Å². The van der Waals surface area contributed by atoms with E-state index < -0.39 is 0 Å². The van der Waals surface area contributed by atoms with Crippen LogP contribution in [0.1, 0.15) is 27.2 Å². The molecule has 0 aliphatic carbocycles. The molecule has 2 N–H and O–H groups in total. The van der Waals surface area contributed by atoms with E-state index in [2.05, 4.69) is 40.7 Å². The number of hydrogen-bond donors (Lipinski definition) is 2. The van der Waals surface area contributed by atoms with Crippen LogP contribution in [0.5, 0.6) is 0 Å². The summed E-state index contributed by atoms with van der Waals surface area (Å²) in [7, 11) is 0. The monoisotopic (exact) mass is 365 g/mol. The van der Waals surface area contributed by atoms with Crippen molar-refractivity contribution in [3.05, 3.63) is 88.2 Å². The van der Waals surface area contributed by atoms with E-state index in [0.717, 1.165) is 16.9 Å². The molecule has 0 unspecified atom stereocenters. The van der Waals surface area contributed by atoms with Gasteiger partial charge in [0.15, 0.2) is 0 Å². The molecular weight excluding hydrogens is 346 g/mol. The first kappa shape index (κ1) is 18.0. The predicted molar refractivity (Wildman–Crippen MR) is 107 cm³/mol. The van der Waals surface area contributed by atoms with Crippen molar-refractivity contribution in [1.82, 2.24) is 4.98 Å². The molecule has 26 heavy (non-hydrogen) atoms. The van der Waals surface area contributed by atoms with Crippen molar-refractivity contribution in [2.24, 2.45) is 0 Å². The third-order valence-corrected chi connectivity index (χ3v) is 4.24. The Morgan fingerprint density at radius 2 is 1.92 bits per heavy atom. The van der Waals surface area contributed by atoms with Crippen molar-refractivity contribution in [3.63, 3.8) is 0 Å². The van der Waals surface area contributed by atoms with Gasteiger partial charge < -0.3 is 10.6 Å². The molecule has 0 spiro atoms. The SMILES string of the molecule is Cc1cccc(CNc2ccnc(C(=O)Nc3ccc(Cl)cc3C)c2)c1. The molecule has 132 valence electrons. The van der Waals surface area contributed by atoms with Crippen LogP contribution in [0, 0.1) is 13.8 Å². The van der Waals surface area contributed by atoms with E-state index in [-0.39, 0.29) is 5.91 Å². The Hall–Kier alpha value is -2.85. The lowest BCUT2D eigenvalue weighted by Crippen LogP contribution is -2.14. The van der Waals surface area contributed by atoms with Crippen LogP contribution in [0.4, 0.5) is 11.4 Å². The van der Waals surface area contributed by atoms with Crippen molar-refractivity contribution in [2.45, 2.75) is 20.4 Å². The van der Waals surface area contributed by atoms with Gasteiger partial charge in [-0.3, -0.25) is 9.78 Å². The van der Waals surface area contributed by atoms with Gasteiger partial charge in [-0.2, -0.15) is 0 Å². The number of aromatic nitrogens is 1. The molecule has 0 atom stereocenters. The molecule has 1 heterocycles. The molecule has 0 saturated carbocycles. The Morgan fingerprint density at radius 1 is 1.08 bits per heavy atom. The normalized spacial score (nSPS) is 10.4. The first-order chi connectivity index (χ1) is 12.5. The van der Waals surface area contributed by atoms with E-state index in [4.69, 9.17) is 11.6 Å². The maximum absolute atomic E-state index is 12.5. The molecule has 1 aromatic heterocycles. The highest BCUT2D eigenvalue weighted by Gasteiger charge is 2.10. The summed E-state index contributed by atoms with van der Waals surface area (Å²) in [6, 6.07) is 17.2. The molecule has 4 nitrogen and oxygen atoms in total. The second-order valence-corrected chi connectivity index (χ2v) is 6.62. The molecule has 2 aromatic carbocycles. The first-order valence-electron chi connectivity index (χ1n) is 8.34. The Bertz CT molecular complexity index is 940. The van der Waals surface area contributed by atoms with Gasteiger partial charge in [0, 0.05) is 29.1 Å². The zero-order chi connectivity index (χ0) is 18.5. The zero-order valence-electron chi connectivity index (χ0n) is 14.7. The van der Waals surface area contributed by atoms with Gasteiger partial charge in [0.05, 0.1) is 0 Å². The number of pyridine rings is 1. The van der Waals surface area contributed by atoms with Crippen LogP contribution in [-0.4, -0.2) is 10.9 Å². The highest BCUT2D eigenvalue weighted by molar-refractivity contribution is 6.30. The maximum atomic E-state index is 12.5. The van der Waals surface area contributed by atoms with E-state index in [1.54, 1.807) is 24.4 Å². The molecule has 0 bridgehead atoms. The molecule has 3 rings (SSSR count). The third kappa shape index (κ3) is 4.61. The van der Waals surface area contributed by atoms with Crippen LogP contribution in [0.25, 0.3) is 0 Å². The number of amides is 1. The third-order valence-electron chi connectivity index (χ3n) is 4.01. The number of carbonyl (C=O) groups is 1. The number of nitrogens with zero attached hydrogens (tertiary/aromatic N) is 1. The highest BCUT2D eigenvalue weighted by atomic mass is 35.5. The Labute approximate surface area is 158 Å².